The van der Waals surface area contributed by atoms with Crippen molar-refractivity contribution in [2.45, 2.75) is 271 Å². The number of unbranched alkanes of at least 4 members (excludes halogenated alkanes) is 38. The molecule has 3 nitrogen and oxygen atoms in total. The fraction of sp³-hybridized carbons (Fsp3) is 0.789. The molecule has 2 aromatic rings. The highest BCUT2D eigenvalue weighted by molar-refractivity contribution is 5.54. The molecular formula is C57H101NO2+. The van der Waals surface area contributed by atoms with Crippen molar-refractivity contribution < 1.29 is 9.47 Å². The van der Waals surface area contributed by atoms with Gasteiger partial charge in [-0.3, -0.25) is 0 Å². The third kappa shape index (κ3) is 32.7. The normalized spacial score (nSPS) is 11.5. The van der Waals surface area contributed by atoms with Crippen LogP contribution >= 0.6 is 0 Å². The van der Waals surface area contributed by atoms with E-state index in [0.29, 0.717) is 0 Å². The molecule has 0 fully saturated rings. The van der Waals surface area contributed by atoms with Gasteiger partial charge in [-0.05, 0) is 37.1 Å². The molecule has 2 rings (SSSR count). The second-order valence-electron chi connectivity index (χ2n) is 18.7. The minimum absolute atomic E-state index is 0.815. The van der Waals surface area contributed by atoms with E-state index in [1.807, 2.05) is 0 Å². The van der Waals surface area contributed by atoms with Gasteiger partial charge in [0.1, 0.15) is 18.5 Å². The fourth-order valence-electron chi connectivity index (χ4n) is 8.78. The molecule has 2 aromatic carbocycles. The highest BCUT2D eigenvalue weighted by Crippen LogP contribution is 2.27. The first-order valence-corrected chi connectivity index (χ1v) is 26.9. The number of benzene rings is 2. The van der Waals surface area contributed by atoms with Crippen molar-refractivity contribution in [3.05, 3.63) is 48.5 Å². The molecule has 60 heavy (non-hydrogen) atoms. The largest absolute Gasteiger partial charge is 0.494 e. The van der Waals surface area contributed by atoms with Crippen LogP contribution in [0.2, 0.25) is 0 Å². The molecule has 0 saturated heterocycles. The molecule has 0 N–H and O–H groups in total. The molecule has 0 bridgehead atoms. The lowest BCUT2D eigenvalue weighted by atomic mass is 10.0. The summed E-state index contributed by atoms with van der Waals surface area (Å²) in [5, 5.41) is 0. The van der Waals surface area contributed by atoms with E-state index in [-0.39, 0.29) is 0 Å². The van der Waals surface area contributed by atoms with Crippen LogP contribution in [-0.2, 0) is 0 Å². The van der Waals surface area contributed by atoms with Crippen LogP contribution in [0, 0.1) is 0 Å². The van der Waals surface area contributed by atoms with Crippen molar-refractivity contribution in [1.82, 2.24) is 4.90 Å². The van der Waals surface area contributed by atoms with Gasteiger partial charge in [0.15, 0.2) is 11.4 Å². The summed E-state index contributed by atoms with van der Waals surface area (Å²) in [7, 11) is 2.13. The van der Waals surface area contributed by atoms with Gasteiger partial charge in [0.25, 0.3) is 0 Å². The summed E-state index contributed by atoms with van der Waals surface area (Å²) in [6.45, 7) is 6.24. The highest BCUT2D eigenvalue weighted by Gasteiger charge is 2.16. The van der Waals surface area contributed by atoms with Crippen LogP contribution in [0.5, 0.6) is 11.5 Å². The van der Waals surface area contributed by atoms with Gasteiger partial charge in [0.2, 0.25) is 0 Å². The SMILES string of the molecule is CCCCCCCCCCCCCCCCCCCCCCOc1ccc([N+](C)c2ccc(OCCCCCCCCCCCCCCCCCCCCCC)cc2)cc1. The lowest BCUT2D eigenvalue weighted by Crippen LogP contribution is -2.10. The summed E-state index contributed by atoms with van der Waals surface area (Å²) in [6, 6.07) is 17.1. The Kier molecular flexibility index (Phi) is 38.2. The predicted octanol–water partition coefficient (Wildman–Crippen LogP) is 19.8. The van der Waals surface area contributed by atoms with Gasteiger partial charge >= 0.3 is 0 Å². The summed E-state index contributed by atoms with van der Waals surface area (Å²) in [5.74, 6) is 1.94. The van der Waals surface area contributed by atoms with Crippen molar-refractivity contribution in [1.29, 1.82) is 0 Å². The third-order valence-corrected chi connectivity index (χ3v) is 13.0. The molecule has 0 heterocycles. The van der Waals surface area contributed by atoms with E-state index >= 15 is 0 Å². The first kappa shape index (κ1) is 54.1. The Balaban J connectivity index is 1.35. The predicted molar refractivity (Wildman–Crippen MR) is 267 cm³/mol. The van der Waals surface area contributed by atoms with Gasteiger partial charge in [-0.1, -0.05) is 263 Å². The molecule has 0 aromatic heterocycles. The maximum atomic E-state index is 6.08. The summed E-state index contributed by atoms with van der Waals surface area (Å²) in [4.78, 5) is 2.23. The first-order chi connectivity index (χ1) is 29.7. The molecule has 3 heteroatoms. The average Bonchev–Trinajstić information content (AvgIpc) is 3.27. The van der Waals surface area contributed by atoms with Gasteiger partial charge in [-0.2, -0.15) is 0 Å². The average molecular weight is 832 g/mol. The summed E-state index contributed by atoms with van der Waals surface area (Å²) in [6.07, 6.45) is 56.5. The molecule has 0 aliphatic rings. The molecule has 0 aliphatic carbocycles. The van der Waals surface area contributed by atoms with Crippen LogP contribution in [0.1, 0.15) is 271 Å². The van der Waals surface area contributed by atoms with Crippen LogP contribution < -0.4 is 14.4 Å². The summed E-state index contributed by atoms with van der Waals surface area (Å²) >= 11 is 0. The standard InChI is InChI=1S/C57H101NO2/c1-4-6-8-10-12-14-16-18-20-22-24-26-28-30-32-34-36-38-40-42-52-59-56-48-44-54(45-49-56)58(3)55-46-50-57(51-47-55)60-53-43-41-39-37-35-33-31-29-27-25-23-21-19-17-15-13-11-9-7-5-2/h44-51H,4-43,52-53H2,1-3H3/q+1. The molecule has 0 aliphatic heterocycles. The number of nitrogens with zero attached hydrogens (tertiary/aromatic N) is 1. The molecule has 1 radical (unpaired) electrons. The van der Waals surface area contributed by atoms with Gasteiger partial charge in [0, 0.05) is 24.3 Å². The zero-order valence-electron chi connectivity index (χ0n) is 40.6. The van der Waals surface area contributed by atoms with E-state index in [1.54, 1.807) is 0 Å². The van der Waals surface area contributed by atoms with Crippen LogP contribution in [0.15, 0.2) is 48.5 Å². The molecule has 0 atom stereocenters. The molecule has 0 spiro atoms. The van der Waals surface area contributed by atoms with Crippen LogP contribution in [0.4, 0.5) is 11.4 Å². The smallest absolute Gasteiger partial charge is 0.186 e. The second-order valence-corrected chi connectivity index (χ2v) is 18.7. The van der Waals surface area contributed by atoms with E-state index in [0.717, 1.165) is 37.6 Å². The monoisotopic (exact) mass is 832 g/mol. The maximum Gasteiger partial charge on any atom is 0.186 e. The Labute approximate surface area is 375 Å². The van der Waals surface area contributed by atoms with Crippen molar-refractivity contribution in [3.8, 4) is 11.5 Å². The number of rotatable bonds is 46. The van der Waals surface area contributed by atoms with Crippen molar-refractivity contribution >= 4 is 11.4 Å². The van der Waals surface area contributed by atoms with Gasteiger partial charge in [0.05, 0.1) is 13.2 Å². The van der Waals surface area contributed by atoms with E-state index < -0.39 is 0 Å². The van der Waals surface area contributed by atoms with Gasteiger partial charge in [-0.15, -0.1) is 0 Å². The van der Waals surface area contributed by atoms with E-state index in [2.05, 4.69) is 74.3 Å². The number of ether oxygens (including phenoxy) is 2. The maximum absolute atomic E-state index is 6.08. The third-order valence-electron chi connectivity index (χ3n) is 13.0. The fourth-order valence-corrected chi connectivity index (χ4v) is 8.78. The summed E-state index contributed by atoms with van der Waals surface area (Å²) < 4.78 is 12.2. The van der Waals surface area contributed by atoms with Crippen LogP contribution in [0.3, 0.4) is 0 Å². The number of anilines is 2. The van der Waals surface area contributed by atoms with Crippen molar-refractivity contribution in [2.24, 2.45) is 0 Å². The Hall–Kier alpha value is -2.00. The lowest BCUT2D eigenvalue weighted by Gasteiger charge is -2.10. The number of hydrogen-bond acceptors (Lipinski definition) is 3. The minimum atomic E-state index is 0.815. The van der Waals surface area contributed by atoms with Gasteiger partial charge < -0.3 is 9.47 Å². The van der Waals surface area contributed by atoms with Crippen molar-refractivity contribution in [3.63, 3.8) is 0 Å². The Morgan fingerprint density at radius 3 is 0.650 bits per heavy atom. The zero-order chi connectivity index (χ0) is 42.7. The van der Waals surface area contributed by atoms with Crippen molar-refractivity contribution in [2.75, 3.05) is 20.3 Å². The molecular weight excluding hydrogens is 731 g/mol. The van der Waals surface area contributed by atoms with Crippen LogP contribution in [0.25, 0.3) is 0 Å². The highest BCUT2D eigenvalue weighted by atomic mass is 16.5. The topological polar surface area (TPSA) is 24.4 Å². The zero-order valence-corrected chi connectivity index (χ0v) is 40.6. The molecule has 0 amide bonds. The lowest BCUT2D eigenvalue weighted by molar-refractivity contribution is 0.304. The minimum Gasteiger partial charge on any atom is -0.494 e. The Bertz CT molecular complexity index is 1040. The second kappa shape index (κ2) is 42.3. The van der Waals surface area contributed by atoms with E-state index in [9.17, 15) is 0 Å². The molecule has 0 saturated carbocycles. The summed E-state index contributed by atoms with van der Waals surface area (Å²) in [5.41, 5.74) is 2.33. The van der Waals surface area contributed by atoms with E-state index in [1.165, 1.54) is 255 Å². The first-order valence-electron chi connectivity index (χ1n) is 26.9. The molecule has 0 unspecified atom stereocenters. The number of hydrogen-bond donors (Lipinski definition) is 0. The van der Waals surface area contributed by atoms with Gasteiger partial charge in [-0.25, -0.2) is 0 Å². The Morgan fingerprint density at radius 2 is 0.450 bits per heavy atom. The molecule has 345 valence electrons. The Morgan fingerprint density at radius 1 is 0.267 bits per heavy atom. The van der Waals surface area contributed by atoms with Crippen LogP contribution in [-0.4, -0.2) is 20.3 Å². The van der Waals surface area contributed by atoms with E-state index in [4.69, 9.17) is 9.47 Å². The quantitative estimate of drug-likeness (QED) is 0.0490.